The number of aryl methyl sites for hydroxylation is 1. The van der Waals surface area contributed by atoms with Crippen LogP contribution in [0.15, 0.2) is 70.7 Å². The average Bonchev–Trinajstić information content (AvgIpc) is 2.75. The highest BCUT2D eigenvalue weighted by Gasteiger charge is 2.14. The zero-order chi connectivity index (χ0) is 22.4. The van der Waals surface area contributed by atoms with Crippen molar-refractivity contribution in [3.63, 3.8) is 0 Å². The predicted octanol–water partition coefficient (Wildman–Crippen LogP) is 7.19. The first-order valence-electron chi connectivity index (χ1n) is 9.22. The average molecular weight is 516 g/mol. The van der Waals surface area contributed by atoms with Crippen molar-refractivity contribution in [1.82, 2.24) is 0 Å². The fourth-order valence-electron chi connectivity index (χ4n) is 2.78. The van der Waals surface area contributed by atoms with Gasteiger partial charge >= 0.3 is 0 Å². The van der Waals surface area contributed by atoms with Crippen LogP contribution >= 0.6 is 39.1 Å². The van der Waals surface area contributed by atoms with E-state index in [9.17, 15) is 10.1 Å². The van der Waals surface area contributed by atoms with Gasteiger partial charge in [-0.1, -0.05) is 63.4 Å². The number of para-hydroxylation sites is 1. The van der Waals surface area contributed by atoms with E-state index in [0.717, 1.165) is 15.6 Å². The molecule has 31 heavy (non-hydrogen) atoms. The molecule has 0 bridgehead atoms. The van der Waals surface area contributed by atoms with Gasteiger partial charge in [0, 0.05) is 15.1 Å². The summed E-state index contributed by atoms with van der Waals surface area (Å²) in [6, 6.07) is 20.0. The smallest absolute Gasteiger partial charge is 0.266 e. The van der Waals surface area contributed by atoms with Crippen LogP contribution in [-0.4, -0.2) is 5.91 Å². The van der Waals surface area contributed by atoms with Gasteiger partial charge in [-0.2, -0.15) is 5.26 Å². The number of amides is 1. The number of nitrogens with zero attached hydrogens (tertiary/aromatic N) is 1. The van der Waals surface area contributed by atoms with E-state index >= 15 is 0 Å². The normalized spacial score (nSPS) is 11.0. The Labute approximate surface area is 199 Å². The Morgan fingerprint density at radius 2 is 1.90 bits per heavy atom. The van der Waals surface area contributed by atoms with Crippen LogP contribution in [0.4, 0.5) is 5.69 Å². The van der Waals surface area contributed by atoms with Crippen molar-refractivity contribution in [3.8, 4) is 11.8 Å². The van der Waals surface area contributed by atoms with E-state index in [4.69, 9.17) is 27.9 Å². The number of halogens is 3. The largest absolute Gasteiger partial charge is 0.488 e. The van der Waals surface area contributed by atoms with E-state index in [1.165, 1.54) is 6.08 Å². The summed E-state index contributed by atoms with van der Waals surface area (Å²) >= 11 is 15.5. The Hall–Kier alpha value is -2.78. The second-order valence-corrected chi connectivity index (χ2v) is 8.41. The first-order chi connectivity index (χ1) is 14.9. The van der Waals surface area contributed by atoms with Gasteiger partial charge in [0.05, 0.1) is 10.7 Å². The molecular formula is C24H17BrCl2N2O2. The molecule has 0 aliphatic carbocycles. The SMILES string of the molecule is Cc1cccc(Cl)c1NC(=O)/C(C#N)=C/c1cc(Br)ccc1OCc1ccc(Cl)cc1. The molecular weight excluding hydrogens is 499 g/mol. The summed E-state index contributed by atoms with van der Waals surface area (Å²) in [5, 5.41) is 13.4. The van der Waals surface area contributed by atoms with Crippen molar-refractivity contribution >= 4 is 56.8 Å². The van der Waals surface area contributed by atoms with Crippen molar-refractivity contribution in [2.75, 3.05) is 5.32 Å². The fourth-order valence-corrected chi connectivity index (χ4v) is 3.55. The molecule has 0 aliphatic heterocycles. The summed E-state index contributed by atoms with van der Waals surface area (Å²) in [6.07, 6.45) is 1.49. The number of anilines is 1. The summed E-state index contributed by atoms with van der Waals surface area (Å²) < 4.78 is 6.72. The molecule has 0 aromatic heterocycles. The number of nitriles is 1. The maximum atomic E-state index is 12.7. The van der Waals surface area contributed by atoms with Crippen LogP contribution < -0.4 is 10.1 Å². The zero-order valence-electron chi connectivity index (χ0n) is 16.5. The summed E-state index contributed by atoms with van der Waals surface area (Å²) in [5.74, 6) is -0.0186. The molecule has 4 nitrogen and oxygen atoms in total. The molecule has 0 fully saturated rings. The molecule has 3 aromatic carbocycles. The van der Waals surface area contributed by atoms with Gasteiger partial charge in [-0.05, 0) is 60.5 Å². The number of hydrogen-bond acceptors (Lipinski definition) is 3. The first-order valence-corrected chi connectivity index (χ1v) is 10.8. The van der Waals surface area contributed by atoms with Crippen LogP contribution in [0.1, 0.15) is 16.7 Å². The van der Waals surface area contributed by atoms with Gasteiger partial charge in [0.2, 0.25) is 0 Å². The molecule has 0 atom stereocenters. The number of nitrogens with one attached hydrogen (secondary N) is 1. The van der Waals surface area contributed by atoms with E-state index in [1.54, 1.807) is 36.4 Å². The van der Waals surface area contributed by atoms with E-state index in [0.29, 0.717) is 33.7 Å². The van der Waals surface area contributed by atoms with Crippen LogP contribution in [0.5, 0.6) is 5.75 Å². The van der Waals surface area contributed by atoms with Gasteiger partial charge in [0.1, 0.15) is 24.0 Å². The third-order valence-electron chi connectivity index (χ3n) is 4.40. The second kappa shape index (κ2) is 10.5. The molecule has 3 aromatic rings. The second-order valence-electron chi connectivity index (χ2n) is 6.65. The molecule has 0 saturated carbocycles. The van der Waals surface area contributed by atoms with Crippen LogP contribution in [0.25, 0.3) is 6.08 Å². The topological polar surface area (TPSA) is 62.1 Å². The standard InChI is InChI=1S/C24H17BrCl2N2O2/c1-15-3-2-4-21(27)23(15)29-24(30)18(13-28)11-17-12-19(25)7-10-22(17)31-14-16-5-8-20(26)9-6-16/h2-12H,14H2,1H3,(H,29,30)/b18-11+. The number of benzene rings is 3. The molecule has 0 saturated heterocycles. The van der Waals surface area contributed by atoms with Crippen molar-refractivity contribution in [2.45, 2.75) is 13.5 Å². The minimum atomic E-state index is -0.553. The van der Waals surface area contributed by atoms with Crippen LogP contribution in [0.3, 0.4) is 0 Å². The van der Waals surface area contributed by atoms with Gasteiger partial charge in [-0.15, -0.1) is 0 Å². The summed E-state index contributed by atoms with van der Waals surface area (Å²) in [6.45, 7) is 2.14. The number of hydrogen-bond donors (Lipinski definition) is 1. The fraction of sp³-hybridized carbons (Fsp3) is 0.0833. The summed E-state index contributed by atoms with van der Waals surface area (Å²) in [5.41, 5.74) is 2.73. The molecule has 1 amide bonds. The van der Waals surface area contributed by atoms with E-state index < -0.39 is 5.91 Å². The zero-order valence-corrected chi connectivity index (χ0v) is 19.6. The third-order valence-corrected chi connectivity index (χ3v) is 5.47. The highest BCUT2D eigenvalue weighted by Crippen LogP contribution is 2.28. The maximum absolute atomic E-state index is 12.7. The van der Waals surface area contributed by atoms with Gasteiger partial charge in [-0.3, -0.25) is 4.79 Å². The Bertz CT molecular complexity index is 1160. The molecule has 3 rings (SSSR count). The van der Waals surface area contributed by atoms with Gasteiger partial charge < -0.3 is 10.1 Å². The van der Waals surface area contributed by atoms with E-state index in [2.05, 4.69) is 21.2 Å². The molecule has 156 valence electrons. The Balaban J connectivity index is 1.85. The van der Waals surface area contributed by atoms with Gasteiger partial charge in [0.15, 0.2) is 0 Å². The number of ether oxygens (including phenoxy) is 1. The van der Waals surface area contributed by atoms with E-state index in [-0.39, 0.29) is 5.57 Å². The van der Waals surface area contributed by atoms with Crippen LogP contribution in [0, 0.1) is 18.3 Å². The maximum Gasteiger partial charge on any atom is 0.266 e. The molecule has 0 unspecified atom stereocenters. The molecule has 7 heteroatoms. The van der Waals surface area contributed by atoms with Crippen molar-refractivity contribution in [1.29, 1.82) is 5.26 Å². The van der Waals surface area contributed by atoms with Gasteiger partial charge in [-0.25, -0.2) is 0 Å². The quantitative estimate of drug-likeness (QED) is 0.279. The first kappa shape index (κ1) is 22.9. The van der Waals surface area contributed by atoms with Crippen molar-refractivity contribution in [3.05, 3.63) is 97.4 Å². The van der Waals surface area contributed by atoms with Gasteiger partial charge in [0.25, 0.3) is 5.91 Å². The molecule has 0 spiro atoms. The Kier molecular flexibility index (Phi) is 7.75. The third kappa shape index (κ3) is 6.11. The Morgan fingerprint density at radius 1 is 1.16 bits per heavy atom. The van der Waals surface area contributed by atoms with Crippen LogP contribution in [-0.2, 0) is 11.4 Å². The van der Waals surface area contributed by atoms with E-state index in [1.807, 2.05) is 37.3 Å². The molecule has 0 aliphatic rings. The summed E-state index contributed by atoms with van der Waals surface area (Å²) in [4.78, 5) is 12.7. The molecule has 0 radical (unpaired) electrons. The summed E-state index contributed by atoms with van der Waals surface area (Å²) in [7, 11) is 0. The van der Waals surface area contributed by atoms with Crippen molar-refractivity contribution < 1.29 is 9.53 Å². The predicted molar refractivity (Wildman–Crippen MR) is 128 cm³/mol. The highest BCUT2D eigenvalue weighted by molar-refractivity contribution is 9.10. The number of carbonyl (C=O) groups excluding carboxylic acids is 1. The monoisotopic (exact) mass is 514 g/mol. The lowest BCUT2D eigenvalue weighted by Gasteiger charge is -2.12. The van der Waals surface area contributed by atoms with Crippen LogP contribution in [0.2, 0.25) is 10.0 Å². The Morgan fingerprint density at radius 3 is 2.58 bits per heavy atom. The van der Waals surface area contributed by atoms with Crippen molar-refractivity contribution in [2.24, 2.45) is 0 Å². The number of rotatable bonds is 6. The highest BCUT2D eigenvalue weighted by atomic mass is 79.9. The minimum Gasteiger partial charge on any atom is -0.488 e. The lowest BCUT2D eigenvalue weighted by Crippen LogP contribution is -2.14. The molecule has 1 N–H and O–H groups in total. The minimum absolute atomic E-state index is 0.0752. The lowest BCUT2D eigenvalue weighted by atomic mass is 10.1. The molecule has 0 heterocycles. The lowest BCUT2D eigenvalue weighted by molar-refractivity contribution is -0.112. The number of carbonyl (C=O) groups is 1.